The van der Waals surface area contributed by atoms with Crippen LogP contribution in [0.15, 0.2) is 42.6 Å². The monoisotopic (exact) mass is 442 g/mol. The predicted molar refractivity (Wildman–Crippen MR) is 119 cm³/mol. The molecule has 1 aliphatic rings. The highest BCUT2D eigenvalue weighted by atomic mass is 32.2. The third kappa shape index (κ3) is 4.25. The normalized spacial score (nSPS) is 16.2. The molecule has 0 bridgehead atoms. The molecule has 0 saturated carbocycles. The second kappa shape index (κ2) is 8.26. The summed E-state index contributed by atoms with van der Waals surface area (Å²) in [4.78, 5) is 18.0. The minimum atomic E-state index is -3.44. The lowest BCUT2D eigenvalue weighted by Gasteiger charge is -2.38. The van der Waals surface area contributed by atoms with Gasteiger partial charge in [-0.15, -0.1) is 0 Å². The van der Waals surface area contributed by atoms with Crippen LogP contribution in [-0.4, -0.2) is 57.0 Å². The van der Waals surface area contributed by atoms with Crippen molar-refractivity contribution in [3.63, 3.8) is 0 Å². The van der Waals surface area contributed by atoms with Crippen molar-refractivity contribution >= 4 is 26.6 Å². The van der Waals surface area contributed by atoms with Gasteiger partial charge in [-0.3, -0.25) is 4.79 Å². The highest BCUT2D eigenvalue weighted by Gasteiger charge is 2.33. The van der Waals surface area contributed by atoms with Crippen LogP contribution < -0.4 is 9.47 Å². The van der Waals surface area contributed by atoms with Gasteiger partial charge in [0.2, 0.25) is 5.91 Å². The van der Waals surface area contributed by atoms with Crippen molar-refractivity contribution in [1.82, 2.24) is 9.88 Å². The maximum atomic E-state index is 13.0. The number of carbonyl (C=O) groups excluding carboxylic acids is 1. The van der Waals surface area contributed by atoms with E-state index in [0.29, 0.717) is 30.9 Å². The van der Waals surface area contributed by atoms with E-state index in [0.717, 1.165) is 33.8 Å². The van der Waals surface area contributed by atoms with Crippen LogP contribution in [0.2, 0.25) is 0 Å². The molecule has 0 saturated heterocycles. The van der Waals surface area contributed by atoms with Gasteiger partial charge in [0.1, 0.15) is 5.75 Å². The van der Waals surface area contributed by atoms with Gasteiger partial charge in [-0.05, 0) is 47.7 Å². The van der Waals surface area contributed by atoms with Crippen molar-refractivity contribution in [3.05, 3.63) is 59.3 Å². The number of H-pyrrole nitrogens is 1. The van der Waals surface area contributed by atoms with E-state index in [4.69, 9.17) is 9.47 Å². The van der Waals surface area contributed by atoms with E-state index in [1.54, 1.807) is 19.1 Å². The summed E-state index contributed by atoms with van der Waals surface area (Å²) in [5.41, 5.74) is 4.12. The second-order valence-corrected chi connectivity index (χ2v) is 10.0. The Morgan fingerprint density at radius 1 is 1.16 bits per heavy atom. The maximum Gasteiger partial charge on any atom is 0.238 e. The molecular formula is C23H26N2O5S. The molecule has 164 valence electrons. The topological polar surface area (TPSA) is 88.7 Å². The first-order valence-electron chi connectivity index (χ1n) is 10.1. The molecule has 1 aliphatic heterocycles. The molecule has 7 nitrogen and oxygen atoms in total. The minimum Gasteiger partial charge on any atom is -0.493 e. The molecule has 0 spiro atoms. The van der Waals surface area contributed by atoms with E-state index >= 15 is 0 Å². The van der Waals surface area contributed by atoms with Crippen molar-refractivity contribution in [2.24, 2.45) is 0 Å². The number of ether oxygens (including phenoxy) is 2. The van der Waals surface area contributed by atoms with Crippen LogP contribution in [0, 0.1) is 0 Å². The van der Waals surface area contributed by atoms with Crippen molar-refractivity contribution in [2.45, 2.75) is 18.9 Å². The number of fused-ring (bicyclic) bond motifs is 2. The van der Waals surface area contributed by atoms with Crippen LogP contribution >= 0.6 is 0 Å². The van der Waals surface area contributed by atoms with Crippen molar-refractivity contribution in [3.8, 4) is 11.5 Å². The third-order valence-electron chi connectivity index (χ3n) is 5.80. The Hall–Kier alpha value is -3.00. The SMILES string of the molecule is COc1cc2c(cc1OC)[C@@H](Cc1c[nH]c3ccccc13)N(C(=O)CS(C)(=O)=O)CC2. The quantitative estimate of drug-likeness (QED) is 0.634. The average Bonchev–Trinajstić information content (AvgIpc) is 3.14. The van der Waals surface area contributed by atoms with Crippen LogP contribution in [0.3, 0.4) is 0 Å². The number of amides is 1. The van der Waals surface area contributed by atoms with E-state index in [2.05, 4.69) is 4.98 Å². The van der Waals surface area contributed by atoms with Crippen molar-refractivity contribution in [2.75, 3.05) is 32.8 Å². The highest BCUT2D eigenvalue weighted by Crippen LogP contribution is 2.40. The number of benzene rings is 2. The fourth-order valence-corrected chi connectivity index (χ4v) is 4.98. The summed E-state index contributed by atoms with van der Waals surface area (Å²) < 4.78 is 34.6. The zero-order chi connectivity index (χ0) is 22.2. The van der Waals surface area contributed by atoms with Crippen molar-refractivity contribution < 1.29 is 22.7 Å². The van der Waals surface area contributed by atoms with Gasteiger partial charge in [0, 0.05) is 29.9 Å². The summed E-state index contributed by atoms with van der Waals surface area (Å²) in [7, 11) is -0.262. The summed E-state index contributed by atoms with van der Waals surface area (Å²) in [5.74, 6) is 0.346. The number of hydrogen-bond donors (Lipinski definition) is 1. The molecule has 1 amide bonds. The van der Waals surface area contributed by atoms with Gasteiger partial charge in [0.15, 0.2) is 21.3 Å². The molecule has 1 atom stereocenters. The Balaban J connectivity index is 1.79. The number of methoxy groups -OCH3 is 2. The molecule has 1 N–H and O–H groups in total. The van der Waals surface area contributed by atoms with Crippen LogP contribution in [0.1, 0.15) is 22.7 Å². The lowest BCUT2D eigenvalue weighted by Crippen LogP contribution is -2.43. The first-order valence-corrected chi connectivity index (χ1v) is 12.1. The summed E-state index contributed by atoms with van der Waals surface area (Å²) in [6.45, 7) is 0.448. The summed E-state index contributed by atoms with van der Waals surface area (Å²) in [5, 5.41) is 1.09. The van der Waals surface area contributed by atoms with Crippen LogP contribution in [-0.2, 0) is 27.5 Å². The lowest BCUT2D eigenvalue weighted by atomic mass is 9.88. The van der Waals surface area contributed by atoms with Gasteiger partial charge >= 0.3 is 0 Å². The van der Waals surface area contributed by atoms with Crippen LogP contribution in [0.25, 0.3) is 10.9 Å². The fourth-order valence-electron chi connectivity index (χ4n) is 4.36. The van der Waals surface area contributed by atoms with Gasteiger partial charge in [-0.1, -0.05) is 18.2 Å². The van der Waals surface area contributed by atoms with E-state index in [1.807, 2.05) is 42.6 Å². The van der Waals surface area contributed by atoms with E-state index in [-0.39, 0.29) is 11.9 Å². The highest BCUT2D eigenvalue weighted by molar-refractivity contribution is 7.91. The van der Waals surface area contributed by atoms with E-state index in [9.17, 15) is 13.2 Å². The minimum absolute atomic E-state index is 0.308. The molecule has 0 fully saturated rings. The molecule has 0 unspecified atom stereocenters. The van der Waals surface area contributed by atoms with Crippen LogP contribution in [0.5, 0.6) is 11.5 Å². The van der Waals surface area contributed by atoms with Crippen LogP contribution in [0.4, 0.5) is 0 Å². The zero-order valence-corrected chi connectivity index (χ0v) is 18.7. The third-order valence-corrected chi connectivity index (χ3v) is 6.57. The molecule has 3 aromatic rings. The number of rotatable bonds is 6. The predicted octanol–water partition coefficient (Wildman–Crippen LogP) is 2.90. The average molecular weight is 443 g/mol. The Morgan fingerprint density at radius 3 is 2.58 bits per heavy atom. The standard InChI is InChI=1S/C23H26N2O5S/c1-29-21-11-15-8-9-25(23(26)14-31(3,27)28)20(18(15)12-22(21)30-2)10-16-13-24-19-7-5-4-6-17(16)19/h4-7,11-13,20,24H,8-10,14H2,1-3H3/t20-/m1/s1. The van der Waals surface area contributed by atoms with Gasteiger partial charge in [0.25, 0.3) is 0 Å². The van der Waals surface area contributed by atoms with E-state index < -0.39 is 15.6 Å². The Morgan fingerprint density at radius 2 is 1.87 bits per heavy atom. The number of aromatic amines is 1. The van der Waals surface area contributed by atoms with Gasteiger partial charge in [-0.2, -0.15) is 0 Å². The molecule has 2 aromatic carbocycles. The molecule has 0 aliphatic carbocycles. The smallest absolute Gasteiger partial charge is 0.238 e. The molecule has 1 aromatic heterocycles. The Kier molecular flexibility index (Phi) is 5.66. The summed E-state index contributed by atoms with van der Waals surface area (Å²) >= 11 is 0. The Labute approximate surface area is 181 Å². The lowest BCUT2D eigenvalue weighted by molar-refractivity contribution is -0.131. The largest absolute Gasteiger partial charge is 0.493 e. The van der Waals surface area contributed by atoms with Gasteiger partial charge < -0.3 is 19.4 Å². The molecule has 0 radical (unpaired) electrons. The fraction of sp³-hybridized carbons (Fsp3) is 0.348. The number of hydrogen-bond acceptors (Lipinski definition) is 5. The molecule has 4 rings (SSSR count). The summed E-state index contributed by atoms with van der Waals surface area (Å²) in [6.07, 6.45) is 4.22. The molecular weight excluding hydrogens is 416 g/mol. The molecule has 8 heteroatoms. The number of para-hydroxylation sites is 1. The number of carbonyl (C=O) groups is 1. The molecule has 31 heavy (non-hydrogen) atoms. The zero-order valence-electron chi connectivity index (χ0n) is 17.8. The number of nitrogens with zero attached hydrogens (tertiary/aromatic N) is 1. The first-order chi connectivity index (χ1) is 14.8. The maximum absolute atomic E-state index is 13.0. The number of nitrogens with one attached hydrogen (secondary N) is 1. The Bertz CT molecular complexity index is 1230. The van der Waals surface area contributed by atoms with Crippen molar-refractivity contribution in [1.29, 1.82) is 0 Å². The second-order valence-electron chi connectivity index (χ2n) is 7.89. The van der Waals surface area contributed by atoms with Gasteiger partial charge in [0.05, 0.1) is 20.3 Å². The van der Waals surface area contributed by atoms with Gasteiger partial charge in [-0.25, -0.2) is 8.42 Å². The number of aromatic nitrogens is 1. The molecule has 2 heterocycles. The first kappa shape index (κ1) is 21.2. The van der Waals surface area contributed by atoms with E-state index in [1.165, 1.54) is 0 Å². The summed E-state index contributed by atoms with van der Waals surface area (Å²) in [6, 6.07) is 11.6. The number of sulfone groups is 1.